The van der Waals surface area contributed by atoms with E-state index in [1.54, 1.807) is 12.3 Å². The molecule has 0 unspecified atom stereocenters. The Bertz CT molecular complexity index is 940. The van der Waals surface area contributed by atoms with Crippen molar-refractivity contribution in [2.75, 3.05) is 5.43 Å². The fraction of sp³-hybridized carbons (Fsp3) is 0. The summed E-state index contributed by atoms with van der Waals surface area (Å²) in [5.74, 6) is 1.40. The lowest BCUT2D eigenvalue weighted by Gasteiger charge is -2.00. The van der Waals surface area contributed by atoms with Crippen molar-refractivity contribution in [2.45, 2.75) is 0 Å². The largest absolute Gasteiger partial charge is 0.338 e. The minimum Gasteiger partial charge on any atom is -0.338 e. The van der Waals surface area contributed by atoms with Gasteiger partial charge in [0.15, 0.2) is 5.82 Å². The van der Waals surface area contributed by atoms with Crippen LogP contribution < -0.4 is 5.43 Å². The van der Waals surface area contributed by atoms with E-state index in [4.69, 9.17) is 0 Å². The van der Waals surface area contributed by atoms with Crippen LogP contribution in [0.4, 0.5) is 11.5 Å². The van der Waals surface area contributed by atoms with Gasteiger partial charge in [0.05, 0.1) is 16.7 Å². The van der Waals surface area contributed by atoms with Crippen molar-refractivity contribution in [1.82, 2.24) is 15.0 Å². The van der Waals surface area contributed by atoms with Gasteiger partial charge >= 0.3 is 0 Å². The molecule has 4 rings (SSSR count). The molecule has 2 aromatic heterocycles. The first-order valence-electron chi connectivity index (χ1n) is 7.51. The molecule has 4 aromatic rings. The Morgan fingerprint density at radius 1 is 0.875 bits per heavy atom. The molecule has 0 radical (unpaired) electrons. The van der Waals surface area contributed by atoms with Crippen molar-refractivity contribution in [2.24, 2.45) is 10.3 Å². The molecule has 0 saturated heterocycles. The van der Waals surface area contributed by atoms with E-state index in [2.05, 4.69) is 30.7 Å². The van der Waals surface area contributed by atoms with E-state index >= 15 is 0 Å². The zero-order chi connectivity index (χ0) is 16.2. The highest BCUT2D eigenvalue weighted by molar-refractivity contribution is 5.79. The van der Waals surface area contributed by atoms with Gasteiger partial charge in [0.1, 0.15) is 5.82 Å². The summed E-state index contributed by atoms with van der Waals surface area (Å²) >= 11 is 0. The molecule has 0 saturated carbocycles. The molecule has 0 bridgehead atoms. The number of hydrogen-bond acceptors (Lipinski definition) is 4. The van der Waals surface area contributed by atoms with E-state index in [9.17, 15) is 0 Å². The van der Waals surface area contributed by atoms with Crippen LogP contribution in [0.3, 0.4) is 0 Å². The van der Waals surface area contributed by atoms with E-state index in [-0.39, 0.29) is 0 Å². The maximum atomic E-state index is 4.59. The summed E-state index contributed by atoms with van der Waals surface area (Å²) in [5, 5.41) is 7.93. The third-order valence-electron chi connectivity index (χ3n) is 3.53. The second kappa shape index (κ2) is 6.29. The van der Waals surface area contributed by atoms with Gasteiger partial charge in [-0.25, -0.2) is 9.97 Å². The Morgan fingerprint density at radius 3 is 2.50 bits per heavy atom. The predicted molar refractivity (Wildman–Crippen MR) is 93.9 cm³/mol. The number of imidazole rings is 1. The number of para-hydroxylation sites is 2. The van der Waals surface area contributed by atoms with Gasteiger partial charge in [-0.3, -0.25) is 5.43 Å². The molecule has 0 aliphatic carbocycles. The number of H-pyrrole nitrogens is 1. The molecule has 0 aliphatic rings. The third kappa shape index (κ3) is 2.98. The summed E-state index contributed by atoms with van der Waals surface area (Å²) in [6.45, 7) is 0. The lowest BCUT2D eigenvalue weighted by atomic mass is 10.2. The molecule has 116 valence electrons. The van der Waals surface area contributed by atoms with Crippen molar-refractivity contribution in [3.8, 4) is 11.4 Å². The number of hydrogen-bond donors (Lipinski definition) is 2. The Balaban J connectivity index is 1.49. The van der Waals surface area contributed by atoms with E-state index in [0.29, 0.717) is 5.82 Å². The molecule has 24 heavy (non-hydrogen) atoms. The maximum absolute atomic E-state index is 4.59. The highest BCUT2D eigenvalue weighted by atomic mass is 15.4. The summed E-state index contributed by atoms with van der Waals surface area (Å²) in [5.41, 5.74) is 6.72. The Morgan fingerprint density at radius 2 is 1.71 bits per heavy atom. The third-order valence-corrected chi connectivity index (χ3v) is 3.53. The minimum atomic E-state index is 0.559. The van der Waals surface area contributed by atoms with Crippen molar-refractivity contribution < 1.29 is 0 Å². The van der Waals surface area contributed by atoms with Crippen LogP contribution in [0.15, 0.2) is 83.3 Å². The number of benzene rings is 2. The molecule has 6 nitrogen and oxygen atoms in total. The predicted octanol–water partition coefficient (Wildman–Crippen LogP) is 4.74. The second-order valence-electron chi connectivity index (χ2n) is 5.18. The second-order valence-corrected chi connectivity index (χ2v) is 5.18. The zero-order valence-corrected chi connectivity index (χ0v) is 12.7. The quantitative estimate of drug-likeness (QED) is 0.422. The Labute approximate surface area is 138 Å². The molecular formula is C18H14N6. The number of rotatable bonds is 4. The van der Waals surface area contributed by atoms with Crippen LogP contribution in [0.2, 0.25) is 0 Å². The molecule has 0 atom stereocenters. The van der Waals surface area contributed by atoms with Crippen LogP contribution in [0, 0.1) is 0 Å². The van der Waals surface area contributed by atoms with Crippen molar-refractivity contribution in [3.05, 3.63) is 72.9 Å². The number of fused-ring (bicyclic) bond motifs is 1. The SMILES string of the molecule is c1ccc(/N=N/Nc2ccc(-c3nc4ccccc4[nH]3)cc2)nc1. The molecule has 0 fully saturated rings. The van der Waals surface area contributed by atoms with Crippen LogP contribution in [0.5, 0.6) is 0 Å². The van der Waals surface area contributed by atoms with Crippen LogP contribution in [-0.4, -0.2) is 15.0 Å². The molecule has 6 heteroatoms. The Kier molecular flexibility index (Phi) is 3.69. The van der Waals surface area contributed by atoms with Gasteiger partial charge in [-0.1, -0.05) is 23.4 Å². The van der Waals surface area contributed by atoms with Crippen LogP contribution >= 0.6 is 0 Å². The first-order chi connectivity index (χ1) is 11.9. The minimum absolute atomic E-state index is 0.559. The van der Waals surface area contributed by atoms with Crippen LogP contribution in [0.25, 0.3) is 22.4 Å². The number of nitrogens with zero attached hydrogens (tertiary/aromatic N) is 4. The van der Waals surface area contributed by atoms with Crippen molar-refractivity contribution >= 4 is 22.5 Å². The number of aromatic nitrogens is 3. The normalized spacial score (nSPS) is 11.2. The lowest BCUT2D eigenvalue weighted by Crippen LogP contribution is -1.87. The topological polar surface area (TPSA) is 78.3 Å². The van der Waals surface area contributed by atoms with Gasteiger partial charge in [-0.15, -0.1) is 5.11 Å². The monoisotopic (exact) mass is 314 g/mol. The van der Waals surface area contributed by atoms with Crippen molar-refractivity contribution in [1.29, 1.82) is 0 Å². The molecular weight excluding hydrogens is 300 g/mol. The molecule has 0 aliphatic heterocycles. The summed E-state index contributed by atoms with van der Waals surface area (Å²) in [6.07, 6.45) is 1.68. The number of pyridine rings is 1. The molecule has 2 N–H and O–H groups in total. The fourth-order valence-corrected chi connectivity index (χ4v) is 2.34. The molecule has 0 amide bonds. The first-order valence-corrected chi connectivity index (χ1v) is 7.51. The van der Waals surface area contributed by atoms with Crippen LogP contribution in [0.1, 0.15) is 0 Å². The number of anilines is 1. The van der Waals surface area contributed by atoms with Crippen molar-refractivity contribution in [3.63, 3.8) is 0 Å². The Hall–Kier alpha value is -3.54. The van der Waals surface area contributed by atoms with Crippen LogP contribution in [-0.2, 0) is 0 Å². The zero-order valence-electron chi connectivity index (χ0n) is 12.7. The molecule has 0 spiro atoms. The lowest BCUT2D eigenvalue weighted by molar-refractivity contribution is 1.09. The van der Waals surface area contributed by atoms with Gasteiger partial charge in [0.25, 0.3) is 0 Å². The van der Waals surface area contributed by atoms with E-state index < -0.39 is 0 Å². The van der Waals surface area contributed by atoms with Gasteiger partial charge in [-0.2, -0.15) is 0 Å². The smallest absolute Gasteiger partial charge is 0.176 e. The fourth-order valence-electron chi connectivity index (χ4n) is 2.34. The summed E-state index contributed by atoms with van der Waals surface area (Å²) < 4.78 is 0. The first kappa shape index (κ1) is 14.1. The summed E-state index contributed by atoms with van der Waals surface area (Å²) in [7, 11) is 0. The van der Waals surface area contributed by atoms with E-state index in [0.717, 1.165) is 28.1 Å². The van der Waals surface area contributed by atoms with Gasteiger partial charge in [-0.05, 0) is 48.5 Å². The molecule has 2 heterocycles. The highest BCUT2D eigenvalue weighted by Crippen LogP contribution is 2.22. The van der Waals surface area contributed by atoms with E-state index in [1.165, 1.54) is 0 Å². The number of aromatic amines is 1. The number of nitrogens with one attached hydrogen (secondary N) is 2. The van der Waals surface area contributed by atoms with E-state index in [1.807, 2.05) is 60.7 Å². The van der Waals surface area contributed by atoms with Gasteiger partial charge < -0.3 is 4.98 Å². The maximum Gasteiger partial charge on any atom is 0.176 e. The average molecular weight is 314 g/mol. The summed E-state index contributed by atoms with van der Waals surface area (Å²) in [4.78, 5) is 12.0. The highest BCUT2D eigenvalue weighted by Gasteiger charge is 2.04. The standard InChI is InChI=1S/C18H14N6/c1-2-6-16-15(5-1)20-18(21-16)13-8-10-14(11-9-13)22-24-23-17-7-3-4-12-19-17/h1-12H,(H,20,21)(H,19,22,23). The average Bonchev–Trinajstić information content (AvgIpc) is 3.07. The summed E-state index contributed by atoms with van der Waals surface area (Å²) in [6, 6.07) is 21.3. The van der Waals surface area contributed by atoms with Gasteiger partial charge in [0, 0.05) is 11.8 Å². The van der Waals surface area contributed by atoms with Gasteiger partial charge in [0.2, 0.25) is 0 Å². The molecule has 2 aromatic carbocycles.